The van der Waals surface area contributed by atoms with Gasteiger partial charge in [0, 0.05) is 17.4 Å². The summed E-state index contributed by atoms with van der Waals surface area (Å²) in [6.07, 6.45) is -3.15. The molecule has 1 N–H and O–H groups in total. The molecule has 35 heavy (non-hydrogen) atoms. The summed E-state index contributed by atoms with van der Waals surface area (Å²) in [6, 6.07) is 15.6. The number of nitrogens with one attached hydrogen (secondary N) is 1. The molecule has 178 valence electrons. The highest BCUT2D eigenvalue weighted by atomic mass is 19.4. The van der Waals surface area contributed by atoms with Gasteiger partial charge in [0.15, 0.2) is 5.69 Å². The number of halogens is 3. The number of hydrogen-bond donors (Lipinski definition) is 1. The Morgan fingerprint density at radius 3 is 2.57 bits per heavy atom. The first-order valence-electron chi connectivity index (χ1n) is 10.4. The van der Waals surface area contributed by atoms with Gasteiger partial charge < -0.3 is 14.8 Å². The number of rotatable bonds is 6. The van der Waals surface area contributed by atoms with Crippen LogP contribution >= 0.6 is 0 Å². The molecule has 10 heteroatoms. The Hall–Kier alpha value is -4.47. The third-order valence-corrected chi connectivity index (χ3v) is 4.87. The van der Waals surface area contributed by atoms with Crippen LogP contribution in [0.1, 0.15) is 33.3 Å². The van der Waals surface area contributed by atoms with E-state index in [2.05, 4.69) is 15.3 Å². The Morgan fingerprint density at radius 1 is 1.00 bits per heavy atom. The molecule has 4 aromatic rings. The molecule has 4 rings (SSSR count). The van der Waals surface area contributed by atoms with E-state index < -0.39 is 23.6 Å². The van der Waals surface area contributed by atoms with Crippen LogP contribution in [-0.4, -0.2) is 28.5 Å². The largest absolute Gasteiger partial charge is 0.461 e. The van der Waals surface area contributed by atoms with Crippen molar-refractivity contribution in [3.05, 3.63) is 89.7 Å². The van der Waals surface area contributed by atoms with Crippen LogP contribution in [0.25, 0.3) is 10.8 Å². The zero-order valence-corrected chi connectivity index (χ0v) is 18.3. The van der Waals surface area contributed by atoms with Gasteiger partial charge in [0.05, 0.1) is 12.2 Å². The topological polar surface area (TPSA) is 90.4 Å². The molecule has 1 aromatic heterocycles. The minimum absolute atomic E-state index is 0.0282. The lowest BCUT2D eigenvalue weighted by Gasteiger charge is -2.12. The first-order valence-corrected chi connectivity index (χ1v) is 10.4. The molecule has 0 aliphatic heterocycles. The van der Waals surface area contributed by atoms with Crippen molar-refractivity contribution in [3.8, 4) is 11.8 Å². The van der Waals surface area contributed by atoms with Gasteiger partial charge in [-0.05, 0) is 66.2 Å². The maximum Gasteiger partial charge on any atom is 0.416 e. The molecule has 0 spiro atoms. The lowest BCUT2D eigenvalue weighted by molar-refractivity contribution is -0.137. The summed E-state index contributed by atoms with van der Waals surface area (Å²) in [5.74, 6) is -0.808. The second-order valence-corrected chi connectivity index (χ2v) is 7.27. The number of nitrogens with zero attached hydrogens (tertiary/aromatic N) is 2. The molecule has 0 saturated heterocycles. The van der Waals surface area contributed by atoms with Crippen molar-refractivity contribution in [2.45, 2.75) is 13.1 Å². The Balaban J connectivity index is 1.56. The van der Waals surface area contributed by atoms with Crippen molar-refractivity contribution >= 4 is 28.3 Å². The van der Waals surface area contributed by atoms with Crippen LogP contribution in [0, 0.1) is 0 Å². The van der Waals surface area contributed by atoms with E-state index in [0.29, 0.717) is 16.5 Å². The van der Waals surface area contributed by atoms with Crippen molar-refractivity contribution in [2.24, 2.45) is 0 Å². The van der Waals surface area contributed by atoms with Crippen molar-refractivity contribution in [2.75, 3.05) is 11.9 Å². The average Bonchev–Trinajstić information content (AvgIpc) is 2.83. The van der Waals surface area contributed by atoms with Gasteiger partial charge in [-0.25, -0.2) is 9.78 Å². The van der Waals surface area contributed by atoms with E-state index in [4.69, 9.17) is 9.47 Å². The highest BCUT2D eigenvalue weighted by molar-refractivity contribution is 6.13. The third-order valence-electron chi connectivity index (χ3n) is 4.87. The monoisotopic (exact) mass is 481 g/mol. The summed E-state index contributed by atoms with van der Waals surface area (Å²) < 4.78 is 49.5. The van der Waals surface area contributed by atoms with Crippen molar-refractivity contribution in [1.29, 1.82) is 0 Å². The molecule has 0 aliphatic rings. The molecule has 1 heterocycles. The molecule has 0 fully saturated rings. The van der Waals surface area contributed by atoms with Crippen LogP contribution in [0.2, 0.25) is 0 Å². The number of amides is 1. The second-order valence-electron chi connectivity index (χ2n) is 7.27. The van der Waals surface area contributed by atoms with Crippen LogP contribution < -0.4 is 10.1 Å². The molecule has 3 aromatic carbocycles. The summed E-state index contributed by atoms with van der Waals surface area (Å²) in [6.45, 7) is 1.88. The van der Waals surface area contributed by atoms with Gasteiger partial charge >= 0.3 is 18.2 Å². The van der Waals surface area contributed by atoms with Crippen LogP contribution in [0.15, 0.2) is 72.9 Å². The summed E-state index contributed by atoms with van der Waals surface area (Å²) in [5, 5.41) is 3.71. The summed E-state index contributed by atoms with van der Waals surface area (Å²) >= 11 is 0. The van der Waals surface area contributed by atoms with E-state index >= 15 is 0 Å². The zero-order chi connectivity index (χ0) is 25.0. The standard InChI is InChI=1S/C25H18F3N3O4/c1-2-34-23(33)21-11-12-29-24(31-21)35-18-9-10-19-15(13-18)5-3-8-20(19)22(32)30-17-7-4-6-16(14-17)25(26,27)28/h3-14H,2H2,1H3,(H,30,32). The first-order chi connectivity index (χ1) is 16.7. The lowest BCUT2D eigenvalue weighted by atomic mass is 10.0. The summed E-state index contributed by atoms with van der Waals surface area (Å²) in [5.41, 5.74) is -0.511. The maximum atomic E-state index is 13.0. The van der Waals surface area contributed by atoms with E-state index in [1.165, 1.54) is 24.4 Å². The number of carbonyl (C=O) groups is 2. The number of esters is 1. The normalized spacial score (nSPS) is 11.2. The van der Waals surface area contributed by atoms with E-state index in [9.17, 15) is 22.8 Å². The van der Waals surface area contributed by atoms with Crippen molar-refractivity contribution in [1.82, 2.24) is 9.97 Å². The number of carbonyl (C=O) groups excluding carboxylic acids is 2. The number of hydrogen-bond acceptors (Lipinski definition) is 6. The number of alkyl halides is 3. The SMILES string of the molecule is CCOC(=O)c1ccnc(Oc2ccc3c(C(=O)Nc4cccc(C(F)(F)F)c4)cccc3c2)n1. The fourth-order valence-corrected chi connectivity index (χ4v) is 3.31. The molecule has 0 unspecified atom stereocenters. The molecule has 0 radical (unpaired) electrons. The van der Waals surface area contributed by atoms with Crippen molar-refractivity contribution in [3.63, 3.8) is 0 Å². The molecule has 0 bridgehead atoms. The average molecular weight is 481 g/mol. The predicted molar refractivity (Wildman–Crippen MR) is 121 cm³/mol. The number of fused-ring (bicyclic) bond motifs is 1. The Kier molecular flexibility index (Phi) is 6.63. The molecule has 7 nitrogen and oxygen atoms in total. The van der Waals surface area contributed by atoms with Gasteiger partial charge in [0.2, 0.25) is 0 Å². The van der Waals surface area contributed by atoms with Crippen LogP contribution in [-0.2, 0) is 10.9 Å². The fourth-order valence-electron chi connectivity index (χ4n) is 3.31. The number of aromatic nitrogens is 2. The lowest BCUT2D eigenvalue weighted by Crippen LogP contribution is -2.13. The third kappa shape index (κ3) is 5.55. The van der Waals surface area contributed by atoms with Gasteiger partial charge in [-0.2, -0.15) is 18.2 Å². The van der Waals surface area contributed by atoms with Crippen LogP contribution in [0.4, 0.5) is 18.9 Å². The zero-order valence-electron chi connectivity index (χ0n) is 18.3. The van der Waals surface area contributed by atoms with Crippen molar-refractivity contribution < 1.29 is 32.2 Å². The molecular weight excluding hydrogens is 463 g/mol. The van der Waals surface area contributed by atoms with Gasteiger partial charge in [-0.1, -0.05) is 18.2 Å². The minimum atomic E-state index is -4.52. The van der Waals surface area contributed by atoms with Gasteiger partial charge in [0.1, 0.15) is 5.75 Å². The van der Waals surface area contributed by atoms with Gasteiger partial charge in [-0.3, -0.25) is 4.79 Å². The Labute approximate surface area is 197 Å². The molecule has 0 atom stereocenters. The van der Waals surface area contributed by atoms with Gasteiger partial charge in [-0.15, -0.1) is 0 Å². The maximum absolute atomic E-state index is 13.0. The summed E-state index contributed by atoms with van der Waals surface area (Å²) in [7, 11) is 0. The smallest absolute Gasteiger partial charge is 0.416 e. The highest BCUT2D eigenvalue weighted by Gasteiger charge is 2.30. The second kappa shape index (κ2) is 9.80. The predicted octanol–water partition coefficient (Wildman–Crippen LogP) is 5.87. The van der Waals surface area contributed by atoms with Gasteiger partial charge in [0.25, 0.3) is 5.91 Å². The van der Waals surface area contributed by atoms with E-state index in [-0.39, 0.29) is 29.6 Å². The van der Waals surface area contributed by atoms with E-state index in [1.807, 2.05) is 0 Å². The number of benzene rings is 3. The van der Waals surface area contributed by atoms with E-state index in [1.54, 1.807) is 43.3 Å². The molecular formula is C25H18F3N3O4. The van der Waals surface area contributed by atoms with Crippen LogP contribution in [0.5, 0.6) is 11.8 Å². The number of ether oxygens (including phenoxy) is 2. The molecule has 0 saturated carbocycles. The minimum Gasteiger partial charge on any atom is -0.461 e. The Bertz CT molecular complexity index is 1410. The summed E-state index contributed by atoms with van der Waals surface area (Å²) in [4.78, 5) is 32.7. The first kappa shape index (κ1) is 23.7. The highest BCUT2D eigenvalue weighted by Crippen LogP contribution is 2.31. The number of anilines is 1. The Morgan fingerprint density at radius 2 is 1.80 bits per heavy atom. The fraction of sp³-hybridized carbons (Fsp3) is 0.120. The van der Waals surface area contributed by atoms with E-state index in [0.717, 1.165) is 12.1 Å². The van der Waals surface area contributed by atoms with Crippen LogP contribution in [0.3, 0.4) is 0 Å². The molecule has 1 amide bonds. The quantitative estimate of drug-likeness (QED) is 0.347. The molecule has 0 aliphatic carbocycles.